The third kappa shape index (κ3) is 5.85. The fourth-order valence-corrected chi connectivity index (χ4v) is 0.290. The lowest BCUT2D eigenvalue weighted by atomic mass is 10.2. The highest BCUT2D eigenvalue weighted by Gasteiger charge is 1.77. The first-order valence-electron chi connectivity index (χ1n) is 2.15. The Labute approximate surface area is 49.9 Å². The van der Waals surface area contributed by atoms with Gasteiger partial charge in [-0.25, -0.2) is 0 Å². The number of halogens is 1. The van der Waals surface area contributed by atoms with Crippen molar-refractivity contribution >= 4 is 11.6 Å². The Morgan fingerprint density at radius 3 is 2.57 bits per heavy atom. The molecule has 0 amide bonds. The smallest absolute Gasteiger partial charge is 0.0835 e. The number of rotatable bonds is 0. The van der Waals surface area contributed by atoms with Crippen LogP contribution in [0.4, 0.5) is 0 Å². The zero-order chi connectivity index (χ0) is 5.70. The van der Waals surface area contributed by atoms with Gasteiger partial charge in [0.05, 0.1) is 5.88 Å². The molecule has 39 valence electrons. The Hall–Kier alpha value is -0.150. The Morgan fingerprint density at radius 2 is 2.43 bits per heavy atom. The lowest BCUT2D eigenvalue weighted by Crippen LogP contribution is -1.77. The summed E-state index contributed by atoms with van der Waals surface area (Å²) >= 11 is 5.24. The summed E-state index contributed by atoms with van der Waals surface area (Å²) < 4.78 is 0. The number of hydrogen-bond acceptors (Lipinski definition) is 0. The molecule has 1 atom stereocenters. The van der Waals surface area contributed by atoms with Gasteiger partial charge in [0.15, 0.2) is 0 Å². The van der Waals surface area contributed by atoms with Crippen molar-refractivity contribution in [2.75, 3.05) is 5.88 Å². The van der Waals surface area contributed by atoms with E-state index in [1.165, 1.54) is 0 Å². The Bertz CT molecular complexity index is 84.1. The molecule has 1 radical (unpaired) electrons. The van der Waals surface area contributed by atoms with Gasteiger partial charge in [0, 0.05) is 5.92 Å². The minimum atomic E-state index is 0.207. The molecule has 7 heavy (non-hydrogen) atoms. The Balaban J connectivity index is 3.24. The molecule has 0 saturated heterocycles. The fraction of sp³-hybridized carbons (Fsp3) is 0.500. The minimum Gasteiger partial charge on any atom is -0.113 e. The highest BCUT2D eigenvalue weighted by Crippen LogP contribution is 1.84. The van der Waals surface area contributed by atoms with Crippen LogP contribution in [0.5, 0.6) is 0 Å². The summed E-state index contributed by atoms with van der Waals surface area (Å²) in [6.07, 6.45) is 0. The van der Waals surface area contributed by atoms with Gasteiger partial charge in [-0.05, 0) is 6.92 Å². The van der Waals surface area contributed by atoms with Crippen molar-refractivity contribution in [2.45, 2.75) is 6.92 Å². The van der Waals surface area contributed by atoms with E-state index in [0.717, 1.165) is 0 Å². The summed E-state index contributed by atoms with van der Waals surface area (Å²) in [6.45, 7) is 5.57. The topological polar surface area (TPSA) is 0 Å². The molecule has 0 nitrogen and oxygen atoms in total. The van der Waals surface area contributed by atoms with Gasteiger partial charge in [0.2, 0.25) is 0 Å². The lowest BCUT2D eigenvalue weighted by molar-refractivity contribution is 0.976. The molecule has 0 aromatic carbocycles. The molecular weight excluding hydrogens is 108 g/mol. The molecule has 0 aromatic rings. The monoisotopic (exact) mass is 115 g/mol. The van der Waals surface area contributed by atoms with E-state index < -0.39 is 0 Å². The van der Waals surface area contributed by atoms with Gasteiger partial charge >= 0.3 is 0 Å². The van der Waals surface area contributed by atoms with Crippen molar-refractivity contribution in [2.24, 2.45) is 5.92 Å². The maximum absolute atomic E-state index is 5.24. The highest BCUT2D eigenvalue weighted by atomic mass is 35.5. The van der Waals surface area contributed by atoms with Crippen LogP contribution in [-0.2, 0) is 0 Å². The summed E-state index contributed by atoms with van der Waals surface area (Å²) in [5.74, 6) is 6.13. The van der Waals surface area contributed by atoms with Gasteiger partial charge in [-0.1, -0.05) is 18.8 Å². The van der Waals surface area contributed by atoms with Crippen molar-refractivity contribution < 1.29 is 0 Å². The summed E-state index contributed by atoms with van der Waals surface area (Å²) in [5.41, 5.74) is 0. The predicted octanol–water partition coefficient (Wildman–Crippen LogP) is 1.70. The van der Waals surface area contributed by atoms with Crippen LogP contribution in [0.25, 0.3) is 0 Å². The maximum Gasteiger partial charge on any atom is 0.0835 e. The summed E-state index contributed by atoms with van der Waals surface area (Å²) in [6, 6.07) is 0. The molecule has 0 bridgehead atoms. The van der Waals surface area contributed by atoms with Crippen molar-refractivity contribution in [1.82, 2.24) is 0 Å². The van der Waals surface area contributed by atoms with Gasteiger partial charge in [0.1, 0.15) is 0 Å². The molecule has 1 unspecified atom stereocenters. The second-order valence-electron chi connectivity index (χ2n) is 1.36. The molecule has 1 heteroatoms. The van der Waals surface area contributed by atoms with Gasteiger partial charge in [0.25, 0.3) is 0 Å². The lowest BCUT2D eigenvalue weighted by Gasteiger charge is -1.82. The van der Waals surface area contributed by atoms with E-state index in [0.29, 0.717) is 5.88 Å². The first-order valence-corrected chi connectivity index (χ1v) is 2.68. The molecule has 0 aliphatic heterocycles. The predicted molar refractivity (Wildman–Crippen MR) is 33.0 cm³/mol. The van der Waals surface area contributed by atoms with Crippen LogP contribution in [0.15, 0.2) is 0 Å². The molecule has 0 fully saturated rings. The van der Waals surface area contributed by atoms with E-state index in [4.69, 9.17) is 11.6 Å². The standard InChI is InChI=1S/C6H8Cl/c1-6(2)4-3-5-7/h6H,1,5H2,2H3. The zero-order valence-corrected chi connectivity index (χ0v) is 5.13. The second-order valence-corrected chi connectivity index (χ2v) is 1.62. The van der Waals surface area contributed by atoms with E-state index in [1.54, 1.807) is 0 Å². The maximum atomic E-state index is 5.24. The molecule has 0 heterocycles. The van der Waals surface area contributed by atoms with Crippen LogP contribution >= 0.6 is 11.6 Å². The molecular formula is C6H8Cl. The average Bonchev–Trinajstić information content (AvgIpc) is 1.61. The molecule has 0 aromatic heterocycles. The molecule has 0 aliphatic carbocycles. The van der Waals surface area contributed by atoms with Crippen molar-refractivity contribution in [1.29, 1.82) is 0 Å². The van der Waals surface area contributed by atoms with Crippen LogP contribution < -0.4 is 0 Å². The van der Waals surface area contributed by atoms with Gasteiger partial charge in [-0.15, -0.1) is 11.6 Å². The third-order valence-electron chi connectivity index (χ3n) is 0.415. The molecule has 0 rings (SSSR count). The van der Waals surface area contributed by atoms with Crippen LogP contribution in [-0.4, -0.2) is 5.88 Å². The zero-order valence-electron chi connectivity index (χ0n) is 4.37. The van der Waals surface area contributed by atoms with Crippen molar-refractivity contribution in [3.05, 3.63) is 6.92 Å². The average molecular weight is 116 g/mol. The third-order valence-corrected chi connectivity index (χ3v) is 0.549. The second kappa shape index (κ2) is 4.02. The fourth-order valence-electron chi connectivity index (χ4n) is 0.213. The quantitative estimate of drug-likeness (QED) is 0.333. The van der Waals surface area contributed by atoms with Crippen molar-refractivity contribution in [3.63, 3.8) is 0 Å². The summed E-state index contributed by atoms with van der Waals surface area (Å²) in [7, 11) is 0. The SMILES string of the molecule is [CH2]C(C)C#CCCl. The van der Waals surface area contributed by atoms with Gasteiger partial charge in [-0.3, -0.25) is 0 Å². The Morgan fingerprint density at radius 1 is 1.86 bits per heavy atom. The minimum absolute atomic E-state index is 0.207. The van der Waals surface area contributed by atoms with Gasteiger partial charge < -0.3 is 0 Å². The molecule has 0 spiro atoms. The molecule has 0 aliphatic rings. The first-order chi connectivity index (χ1) is 3.27. The van der Waals surface area contributed by atoms with Gasteiger partial charge in [-0.2, -0.15) is 0 Å². The van der Waals surface area contributed by atoms with Crippen LogP contribution in [0.1, 0.15) is 6.92 Å². The molecule has 0 saturated carbocycles. The highest BCUT2D eigenvalue weighted by molar-refractivity contribution is 6.19. The summed E-state index contributed by atoms with van der Waals surface area (Å²) in [4.78, 5) is 0. The van der Waals surface area contributed by atoms with E-state index >= 15 is 0 Å². The number of hydrogen-bond donors (Lipinski definition) is 0. The normalized spacial score (nSPS) is 8.00. The van der Waals surface area contributed by atoms with Crippen LogP contribution in [0, 0.1) is 24.7 Å². The van der Waals surface area contributed by atoms with Crippen LogP contribution in [0.3, 0.4) is 0 Å². The van der Waals surface area contributed by atoms with Crippen LogP contribution in [0.2, 0.25) is 0 Å². The summed E-state index contributed by atoms with van der Waals surface area (Å²) in [5, 5.41) is 0. The Kier molecular flexibility index (Phi) is 3.93. The van der Waals surface area contributed by atoms with E-state index in [2.05, 4.69) is 18.8 Å². The van der Waals surface area contributed by atoms with E-state index in [9.17, 15) is 0 Å². The largest absolute Gasteiger partial charge is 0.113 e. The van der Waals surface area contributed by atoms with Crippen molar-refractivity contribution in [3.8, 4) is 11.8 Å². The number of alkyl halides is 1. The van der Waals surface area contributed by atoms with E-state index in [1.807, 2.05) is 6.92 Å². The first kappa shape index (κ1) is 6.85. The van der Waals surface area contributed by atoms with E-state index in [-0.39, 0.29) is 5.92 Å². The molecule has 0 N–H and O–H groups in total.